The lowest BCUT2D eigenvalue weighted by atomic mass is 10.1. The van der Waals surface area contributed by atoms with Gasteiger partial charge in [0, 0.05) is 5.56 Å². The third-order valence-electron chi connectivity index (χ3n) is 3.29. The standard InChI is InChI=1S/C17H14F3IN2O3/c1-25-14-7-10(6-13(21)15(14)26-2)9-22-23-16(24)11-4-3-5-12(8-11)17(18,19)20/h3-9H,1-2H3,(H,23,24)/b22-9+. The first-order valence-electron chi connectivity index (χ1n) is 7.18. The van der Waals surface area contributed by atoms with Crippen LogP contribution in [0.15, 0.2) is 41.5 Å². The highest BCUT2D eigenvalue weighted by atomic mass is 127. The van der Waals surface area contributed by atoms with Crippen LogP contribution in [-0.4, -0.2) is 26.3 Å². The number of nitrogens with one attached hydrogen (secondary N) is 1. The third kappa shape index (κ3) is 4.87. The molecule has 0 unspecified atom stereocenters. The lowest BCUT2D eigenvalue weighted by Crippen LogP contribution is -2.18. The van der Waals surface area contributed by atoms with Crippen molar-refractivity contribution >= 4 is 34.7 Å². The zero-order valence-electron chi connectivity index (χ0n) is 13.7. The van der Waals surface area contributed by atoms with Gasteiger partial charge in [-0.3, -0.25) is 4.79 Å². The summed E-state index contributed by atoms with van der Waals surface area (Å²) in [7, 11) is 3.01. The molecule has 0 atom stereocenters. The molecule has 0 radical (unpaired) electrons. The molecule has 0 saturated carbocycles. The number of carbonyl (C=O) groups excluding carboxylic acids is 1. The lowest BCUT2D eigenvalue weighted by Gasteiger charge is -2.10. The van der Waals surface area contributed by atoms with E-state index in [9.17, 15) is 18.0 Å². The summed E-state index contributed by atoms with van der Waals surface area (Å²) < 4.78 is 49.3. The number of alkyl halides is 3. The van der Waals surface area contributed by atoms with Crippen molar-refractivity contribution in [2.24, 2.45) is 5.10 Å². The van der Waals surface area contributed by atoms with Crippen LogP contribution in [0.25, 0.3) is 0 Å². The molecule has 1 amide bonds. The lowest BCUT2D eigenvalue weighted by molar-refractivity contribution is -0.137. The molecule has 0 bridgehead atoms. The van der Waals surface area contributed by atoms with E-state index in [1.807, 2.05) is 0 Å². The Morgan fingerprint density at radius 3 is 2.54 bits per heavy atom. The fourth-order valence-corrected chi connectivity index (χ4v) is 2.92. The number of hydrazone groups is 1. The second-order valence-corrected chi connectivity index (χ2v) is 6.18. The van der Waals surface area contributed by atoms with Gasteiger partial charge < -0.3 is 9.47 Å². The molecule has 0 heterocycles. The summed E-state index contributed by atoms with van der Waals surface area (Å²) in [5.41, 5.74) is 1.78. The smallest absolute Gasteiger partial charge is 0.416 e. The minimum Gasteiger partial charge on any atom is -0.493 e. The minimum absolute atomic E-state index is 0.140. The molecule has 0 saturated heterocycles. The molecule has 9 heteroatoms. The minimum atomic E-state index is -4.52. The molecule has 2 aromatic carbocycles. The molecule has 2 aromatic rings. The maximum atomic E-state index is 12.7. The maximum Gasteiger partial charge on any atom is 0.416 e. The van der Waals surface area contributed by atoms with Crippen LogP contribution >= 0.6 is 22.6 Å². The number of amides is 1. The van der Waals surface area contributed by atoms with Gasteiger partial charge >= 0.3 is 6.18 Å². The normalized spacial score (nSPS) is 11.5. The Balaban J connectivity index is 2.14. The van der Waals surface area contributed by atoms with Crippen molar-refractivity contribution in [2.45, 2.75) is 6.18 Å². The molecular weight excluding hydrogens is 464 g/mol. The third-order valence-corrected chi connectivity index (χ3v) is 4.09. The first-order valence-corrected chi connectivity index (χ1v) is 8.26. The van der Waals surface area contributed by atoms with Crippen LogP contribution in [0.5, 0.6) is 11.5 Å². The van der Waals surface area contributed by atoms with Crippen molar-refractivity contribution in [3.05, 3.63) is 56.7 Å². The number of rotatable bonds is 5. The number of hydrogen-bond acceptors (Lipinski definition) is 4. The van der Waals surface area contributed by atoms with Crippen molar-refractivity contribution in [3.8, 4) is 11.5 Å². The van der Waals surface area contributed by atoms with Gasteiger partial charge in [-0.2, -0.15) is 18.3 Å². The molecular formula is C17H14F3IN2O3. The van der Waals surface area contributed by atoms with E-state index in [1.165, 1.54) is 26.5 Å². The molecule has 0 aromatic heterocycles. The highest BCUT2D eigenvalue weighted by Crippen LogP contribution is 2.33. The molecule has 0 aliphatic heterocycles. The van der Waals surface area contributed by atoms with Crippen LogP contribution in [0.1, 0.15) is 21.5 Å². The van der Waals surface area contributed by atoms with E-state index in [4.69, 9.17) is 9.47 Å². The van der Waals surface area contributed by atoms with E-state index in [0.717, 1.165) is 21.8 Å². The number of methoxy groups -OCH3 is 2. The fourth-order valence-electron chi connectivity index (χ4n) is 2.08. The topological polar surface area (TPSA) is 59.9 Å². The summed E-state index contributed by atoms with van der Waals surface area (Å²) in [6.07, 6.45) is -3.16. The van der Waals surface area contributed by atoms with Gasteiger partial charge in [-0.05, 0) is 58.5 Å². The van der Waals surface area contributed by atoms with Gasteiger partial charge in [0.15, 0.2) is 11.5 Å². The Hall–Kier alpha value is -2.30. The van der Waals surface area contributed by atoms with Gasteiger partial charge in [0.05, 0.1) is 29.6 Å². The molecule has 0 aliphatic rings. The quantitative estimate of drug-likeness (QED) is 0.400. The fraction of sp³-hybridized carbons (Fsp3) is 0.176. The largest absolute Gasteiger partial charge is 0.493 e. The number of carbonyl (C=O) groups is 1. The number of ether oxygens (including phenoxy) is 2. The Bertz CT molecular complexity index is 838. The average Bonchev–Trinajstić information content (AvgIpc) is 2.60. The van der Waals surface area contributed by atoms with Crippen molar-refractivity contribution in [3.63, 3.8) is 0 Å². The van der Waals surface area contributed by atoms with E-state index >= 15 is 0 Å². The number of nitrogens with zero attached hydrogens (tertiary/aromatic N) is 1. The number of benzene rings is 2. The predicted octanol–water partition coefficient (Wildman–Crippen LogP) is 4.09. The monoisotopic (exact) mass is 478 g/mol. The van der Waals surface area contributed by atoms with Gasteiger partial charge in [-0.1, -0.05) is 6.07 Å². The number of halogens is 4. The van der Waals surface area contributed by atoms with Crippen LogP contribution in [0.2, 0.25) is 0 Å². The van der Waals surface area contributed by atoms with E-state index in [2.05, 4.69) is 33.1 Å². The summed E-state index contributed by atoms with van der Waals surface area (Å²) in [5.74, 6) is 0.311. The molecule has 26 heavy (non-hydrogen) atoms. The molecule has 0 spiro atoms. The van der Waals surface area contributed by atoms with Crippen LogP contribution in [0, 0.1) is 3.57 Å². The van der Waals surface area contributed by atoms with E-state index in [-0.39, 0.29) is 5.56 Å². The first kappa shape index (κ1) is 20.0. The Labute approximate surface area is 161 Å². The van der Waals surface area contributed by atoms with Crippen molar-refractivity contribution in [1.82, 2.24) is 5.43 Å². The summed E-state index contributed by atoms with van der Waals surface area (Å²) in [5, 5.41) is 3.78. The average molecular weight is 478 g/mol. The predicted molar refractivity (Wildman–Crippen MR) is 98.8 cm³/mol. The summed E-state index contributed by atoms with van der Waals surface area (Å²) in [6, 6.07) is 7.51. The van der Waals surface area contributed by atoms with Crippen LogP contribution in [-0.2, 0) is 6.18 Å². The first-order chi connectivity index (χ1) is 12.3. The Morgan fingerprint density at radius 2 is 1.92 bits per heavy atom. The molecule has 2 rings (SSSR count). The van der Waals surface area contributed by atoms with Crippen molar-refractivity contribution in [2.75, 3.05) is 14.2 Å². The SMILES string of the molecule is COc1cc(/C=N/NC(=O)c2cccc(C(F)(F)F)c2)cc(I)c1OC. The van der Waals surface area contributed by atoms with Crippen LogP contribution in [0.4, 0.5) is 13.2 Å². The maximum absolute atomic E-state index is 12.7. The van der Waals surface area contributed by atoms with Crippen molar-refractivity contribution < 1.29 is 27.4 Å². The summed E-state index contributed by atoms with van der Waals surface area (Å²) in [4.78, 5) is 12.0. The molecule has 5 nitrogen and oxygen atoms in total. The van der Waals surface area contributed by atoms with Gasteiger partial charge in [-0.25, -0.2) is 5.43 Å². The zero-order valence-corrected chi connectivity index (χ0v) is 15.9. The number of hydrogen-bond donors (Lipinski definition) is 1. The van der Waals surface area contributed by atoms with Gasteiger partial charge in [0.1, 0.15) is 0 Å². The molecule has 0 aliphatic carbocycles. The molecule has 1 N–H and O–H groups in total. The summed E-state index contributed by atoms with van der Waals surface area (Å²) >= 11 is 2.06. The second kappa shape index (κ2) is 8.39. The molecule has 138 valence electrons. The highest BCUT2D eigenvalue weighted by molar-refractivity contribution is 14.1. The van der Waals surface area contributed by atoms with E-state index in [0.29, 0.717) is 17.1 Å². The molecule has 0 fully saturated rings. The van der Waals surface area contributed by atoms with Crippen LogP contribution in [0.3, 0.4) is 0 Å². The van der Waals surface area contributed by atoms with Crippen molar-refractivity contribution in [1.29, 1.82) is 0 Å². The second-order valence-electron chi connectivity index (χ2n) is 5.02. The van der Waals surface area contributed by atoms with E-state index in [1.54, 1.807) is 12.1 Å². The highest BCUT2D eigenvalue weighted by Gasteiger charge is 2.30. The van der Waals surface area contributed by atoms with Gasteiger partial charge in [-0.15, -0.1) is 0 Å². The summed E-state index contributed by atoms with van der Waals surface area (Å²) in [6.45, 7) is 0. The van der Waals surface area contributed by atoms with E-state index < -0.39 is 17.6 Å². The van der Waals surface area contributed by atoms with Gasteiger partial charge in [0.2, 0.25) is 0 Å². The van der Waals surface area contributed by atoms with Crippen LogP contribution < -0.4 is 14.9 Å². The Kier molecular flexibility index (Phi) is 6.46. The van der Waals surface area contributed by atoms with Gasteiger partial charge in [0.25, 0.3) is 5.91 Å². The zero-order chi connectivity index (χ0) is 19.3. The Morgan fingerprint density at radius 1 is 1.19 bits per heavy atom.